The van der Waals surface area contributed by atoms with E-state index in [0.29, 0.717) is 17.1 Å². The molecule has 2 aromatic carbocycles. The van der Waals surface area contributed by atoms with Crippen molar-refractivity contribution in [3.63, 3.8) is 0 Å². The second kappa shape index (κ2) is 8.83. The van der Waals surface area contributed by atoms with Crippen LogP contribution in [0.3, 0.4) is 0 Å². The van der Waals surface area contributed by atoms with Gasteiger partial charge in [-0.05, 0) is 35.6 Å². The number of nitrogens with zero attached hydrogens (tertiary/aromatic N) is 1. The molecule has 1 saturated carbocycles. The Morgan fingerprint density at radius 1 is 1.10 bits per heavy atom. The Kier molecular flexibility index (Phi) is 6.22. The standard InChI is InChI=1S/C24H23NO5/c1-24(2)19(12-13-21(26)28-3)22(24)23(27)30-20(15-25)16-8-7-11-18(14-16)29-17-9-5-4-6-10-17/h4-14,19-20,22H,1-3H3/t19-,20+,22-/m0/s1. The molecule has 1 aliphatic rings. The largest absolute Gasteiger partial charge is 0.466 e. The summed E-state index contributed by atoms with van der Waals surface area (Å²) in [7, 11) is 1.30. The van der Waals surface area contributed by atoms with E-state index in [4.69, 9.17) is 9.47 Å². The molecule has 2 aromatic rings. The molecule has 0 saturated heterocycles. The second-order valence-corrected chi connectivity index (χ2v) is 7.64. The third kappa shape index (κ3) is 4.69. The number of carbonyl (C=O) groups is 2. The normalized spacial score (nSPS) is 20.1. The Bertz CT molecular complexity index is 990. The summed E-state index contributed by atoms with van der Waals surface area (Å²) < 4.78 is 15.9. The number of methoxy groups -OCH3 is 1. The van der Waals surface area contributed by atoms with Crippen molar-refractivity contribution in [2.45, 2.75) is 20.0 Å². The lowest BCUT2D eigenvalue weighted by Crippen LogP contribution is -2.14. The maximum absolute atomic E-state index is 12.7. The fourth-order valence-corrected chi connectivity index (χ4v) is 3.46. The van der Waals surface area contributed by atoms with Gasteiger partial charge in [0.1, 0.15) is 17.6 Å². The molecule has 0 heterocycles. The molecule has 0 aromatic heterocycles. The van der Waals surface area contributed by atoms with Crippen LogP contribution in [0.15, 0.2) is 66.7 Å². The molecule has 0 amide bonds. The van der Waals surface area contributed by atoms with Crippen LogP contribution in [0, 0.1) is 28.6 Å². The summed E-state index contributed by atoms with van der Waals surface area (Å²) in [6.45, 7) is 3.84. The zero-order chi connectivity index (χ0) is 21.7. The van der Waals surface area contributed by atoms with Crippen molar-refractivity contribution in [3.8, 4) is 17.6 Å². The Morgan fingerprint density at radius 2 is 1.80 bits per heavy atom. The van der Waals surface area contributed by atoms with Crippen LogP contribution in [-0.4, -0.2) is 19.0 Å². The lowest BCUT2D eigenvalue weighted by molar-refractivity contribution is -0.149. The predicted molar refractivity (Wildman–Crippen MR) is 109 cm³/mol. The van der Waals surface area contributed by atoms with Gasteiger partial charge in [-0.2, -0.15) is 5.26 Å². The molecule has 1 aliphatic carbocycles. The van der Waals surface area contributed by atoms with Gasteiger partial charge in [0.15, 0.2) is 0 Å². The fraction of sp³-hybridized carbons (Fsp3) is 0.292. The number of esters is 2. The maximum Gasteiger partial charge on any atom is 0.330 e. The molecule has 0 spiro atoms. The molecule has 0 N–H and O–H groups in total. The first-order chi connectivity index (χ1) is 14.4. The topological polar surface area (TPSA) is 85.6 Å². The third-order valence-corrected chi connectivity index (χ3v) is 5.30. The quantitative estimate of drug-likeness (QED) is 0.495. The van der Waals surface area contributed by atoms with Crippen LogP contribution in [0.4, 0.5) is 0 Å². The van der Waals surface area contributed by atoms with Crippen molar-refractivity contribution in [2.24, 2.45) is 17.3 Å². The highest BCUT2D eigenvalue weighted by molar-refractivity contribution is 5.83. The van der Waals surface area contributed by atoms with E-state index >= 15 is 0 Å². The van der Waals surface area contributed by atoms with Crippen molar-refractivity contribution in [3.05, 3.63) is 72.3 Å². The molecule has 0 bridgehead atoms. The van der Waals surface area contributed by atoms with Crippen molar-refractivity contribution in [2.75, 3.05) is 7.11 Å². The molecule has 0 radical (unpaired) electrons. The average molecular weight is 405 g/mol. The summed E-state index contributed by atoms with van der Waals surface area (Å²) in [5.41, 5.74) is 0.166. The highest BCUT2D eigenvalue weighted by atomic mass is 16.5. The Balaban J connectivity index is 1.69. The van der Waals surface area contributed by atoms with Crippen molar-refractivity contribution in [1.82, 2.24) is 0 Å². The third-order valence-electron chi connectivity index (χ3n) is 5.30. The minimum Gasteiger partial charge on any atom is -0.466 e. The fourth-order valence-electron chi connectivity index (χ4n) is 3.46. The van der Waals surface area contributed by atoms with Crippen LogP contribution < -0.4 is 4.74 Å². The lowest BCUT2D eigenvalue weighted by Gasteiger charge is -2.13. The van der Waals surface area contributed by atoms with Crippen molar-refractivity contribution in [1.29, 1.82) is 5.26 Å². The molecular formula is C24H23NO5. The first-order valence-corrected chi connectivity index (χ1v) is 9.56. The van der Waals surface area contributed by atoms with E-state index in [1.54, 1.807) is 30.3 Å². The summed E-state index contributed by atoms with van der Waals surface area (Å²) in [5.74, 6) is -0.328. The Labute approximate surface area is 175 Å². The van der Waals surface area contributed by atoms with Crippen LogP contribution >= 0.6 is 0 Å². The van der Waals surface area contributed by atoms with Gasteiger partial charge < -0.3 is 14.2 Å². The highest BCUT2D eigenvalue weighted by Gasteiger charge is 2.61. The van der Waals surface area contributed by atoms with Gasteiger partial charge in [-0.25, -0.2) is 4.79 Å². The number of ether oxygens (including phenoxy) is 3. The summed E-state index contributed by atoms with van der Waals surface area (Å²) in [6, 6.07) is 18.2. The predicted octanol–water partition coefficient (Wildman–Crippen LogP) is 4.59. The molecule has 6 heteroatoms. The van der Waals surface area contributed by atoms with Crippen LogP contribution in [0.1, 0.15) is 25.5 Å². The first-order valence-electron chi connectivity index (χ1n) is 9.56. The molecule has 154 valence electrons. The molecule has 3 atom stereocenters. The minimum atomic E-state index is -1.06. The van der Waals surface area contributed by atoms with Gasteiger partial charge in [0, 0.05) is 11.6 Å². The number of allylic oxidation sites excluding steroid dienone is 1. The van der Waals surface area contributed by atoms with Gasteiger partial charge in [-0.3, -0.25) is 4.79 Å². The van der Waals surface area contributed by atoms with Gasteiger partial charge in [0.2, 0.25) is 6.10 Å². The summed E-state index contributed by atoms with van der Waals surface area (Å²) in [4.78, 5) is 24.0. The van der Waals surface area contributed by atoms with E-state index in [1.807, 2.05) is 50.2 Å². The highest BCUT2D eigenvalue weighted by Crippen LogP contribution is 2.59. The lowest BCUT2D eigenvalue weighted by atomic mass is 10.1. The Morgan fingerprint density at radius 3 is 2.47 bits per heavy atom. The van der Waals surface area contributed by atoms with E-state index in [0.717, 1.165) is 0 Å². The van der Waals surface area contributed by atoms with E-state index in [1.165, 1.54) is 13.2 Å². The SMILES string of the molecule is COC(=O)C=C[C@H]1[C@@H](C(=O)O[C@H](C#N)c2cccc(Oc3ccccc3)c2)C1(C)C. The van der Waals surface area contributed by atoms with Gasteiger partial charge >= 0.3 is 11.9 Å². The van der Waals surface area contributed by atoms with Gasteiger partial charge in [-0.1, -0.05) is 50.3 Å². The number of hydrogen-bond acceptors (Lipinski definition) is 6. The van der Waals surface area contributed by atoms with Crippen molar-refractivity contribution >= 4 is 11.9 Å². The van der Waals surface area contributed by atoms with E-state index in [-0.39, 0.29) is 11.3 Å². The summed E-state index contributed by atoms with van der Waals surface area (Å²) in [6.07, 6.45) is 1.91. The zero-order valence-electron chi connectivity index (χ0n) is 17.1. The number of hydrogen-bond donors (Lipinski definition) is 0. The molecule has 0 aliphatic heterocycles. The first kappa shape index (κ1) is 21.1. The van der Waals surface area contributed by atoms with Crippen LogP contribution in [0.2, 0.25) is 0 Å². The molecule has 0 unspecified atom stereocenters. The van der Waals surface area contributed by atoms with E-state index in [2.05, 4.69) is 4.74 Å². The number of carbonyl (C=O) groups excluding carboxylic acids is 2. The number of para-hydroxylation sites is 1. The molecule has 1 fully saturated rings. The maximum atomic E-state index is 12.7. The monoisotopic (exact) mass is 405 g/mol. The number of benzene rings is 2. The van der Waals surface area contributed by atoms with Crippen molar-refractivity contribution < 1.29 is 23.8 Å². The summed E-state index contributed by atoms with van der Waals surface area (Å²) in [5, 5.41) is 9.57. The smallest absolute Gasteiger partial charge is 0.330 e. The molecule has 30 heavy (non-hydrogen) atoms. The molecule has 6 nitrogen and oxygen atoms in total. The van der Waals surface area contributed by atoms with Gasteiger partial charge in [-0.15, -0.1) is 0 Å². The zero-order valence-corrected chi connectivity index (χ0v) is 17.1. The summed E-state index contributed by atoms with van der Waals surface area (Å²) >= 11 is 0. The minimum absolute atomic E-state index is 0.156. The van der Waals surface area contributed by atoms with Crippen LogP contribution in [0.25, 0.3) is 0 Å². The average Bonchev–Trinajstić information content (AvgIpc) is 3.31. The molecular weight excluding hydrogens is 382 g/mol. The number of rotatable bonds is 7. The van der Waals surface area contributed by atoms with Crippen LogP contribution in [0.5, 0.6) is 11.5 Å². The molecule has 3 rings (SSSR count). The van der Waals surface area contributed by atoms with E-state index in [9.17, 15) is 14.9 Å². The Hall–Kier alpha value is -3.59. The van der Waals surface area contributed by atoms with Crippen LogP contribution in [-0.2, 0) is 19.1 Å². The van der Waals surface area contributed by atoms with E-state index < -0.39 is 24.0 Å². The van der Waals surface area contributed by atoms with Gasteiger partial charge in [0.05, 0.1) is 13.0 Å². The number of nitriles is 1. The second-order valence-electron chi connectivity index (χ2n) is 7.64. The van der Waals surface area contributed by atoms with Gasteiger partial charge in [0.25, 0.3) is 0 Å².